The number of carbonyl (C=O) groups is 1. The zero-order valence-electron chi connectivity index (χ0n) is 7.87. The summed E-state index contributed by atoms with van der Waals surface area (Å²) in [6, 6.07) is 3.12. The molecule has 15 heavy (non-hydrogen) atoms. The molecule has 0 atom stereocenters. The van der Waals surface area contributed by atoms with Crippen LogP contribution in [-0.4, -0.2) is 13.1 Å². The summed E-state index contributed by atoms with van der Waals surface area (Å²) in [6.07, 6.45) is 1.13. The van der Waals surface area contributed by atoms with E-state index in [0.29, 0.717) is 0 Å². The third kappa shape index (κ3) is 3.71. The first-order valence-corrected chi connectivity index (χ1v) is 4.87. The summed E-state index contributed by atoms with van der Waals surface area (Å²) in [4.78, 5) is 10.8. The number of hydrogen-bond donors (Lipinski definition) is 0. The summed E-state index contributed by atoms with van der Waals surface area (Å²) < 4.78 is 30.1. The number of carbonyl (C=O) groups excluding carboxylic acids is 1. The molecule has 0 heterocycles. The van der Waals surface area contributed by atoms with Crippen molar-refractivity contribution in [1.82, 2.24) is 0 Å². The fourth-order valence-electron chi connectivity index (χ4n) is 0.798. The highest BCUT2D eigenvalue weighted by Gasteiger charge is 2.02. The van der Waals surface area contributed by atoms with Gasteiger partial charge < -0.3 is 4.74 Å². The van der Waals surface area contributed by atoms with Crippen LogP contribution in [0.25, 0.3) is 0 Å². The number of ether oxygens (including phenoxy) is 1. The van der Waals surface area contributed by atoms with Crippen molar-refractivity contribution in [2.24, 2.45) is 0 Å². The van der Waals surface area contributed by atoms with Crippen molar-refractivity contribution in [3.63, 3.8) is 0 Å². The molecule has 0 spiro atoms. The van der Waals surface area contributed by atoms with Crippen LogP contribution < -0.4 is 0 Å². The molecule has 0 aliphatic rings. The summed E-state index contributed by atoms with van der Waals surface area (Å²) >= 11 is 0.909. The molecule has 1 aromatic rings. The molecule has 0 saturated heterocycles. The Morgan fingerprint density at radius 1 is 1.47 bits per heavy atom. The molecule has 0 saturated carbocycles. The smallest absolute Gasteiger partial charge is 0.330 e. The maximum atomic E-state index is 13.0. The lowest BCUT2D eigenvalue weighted by atomic mass is 10.3. The maximum Gasteiger partial charge on any atom is 0.330 e. The van der Waals surface area contributed by atoms with E-state index in [2.05, 4.69) is 4.74 Å². The standard InChI is InChI=1S/C10H8F2O2S/c1-14-10(13)4-5-15-9-6-7(11)2-3-8(9)12/h2-6H,1H3/b5-4-. The number of benzene rings is 1. The fourth-order valence-corrected chi connectivity index (χ4v) is 1.49. The van der Waals surface area contributed by atoms with Crippen molar-refractivity contribution in [3.05, 3.63) is 41.3 Å². The van der Waals surface area contributed by atoms with E-state index in [1.54, 1.807) is 0 Å². The number of hydrogen-bond acceptors (Lipinski definition) is 3. The van der Waals surface area contributed by atoms with Crippen molar-refractivity contribution >= 4 is 17.7 Å². The lowest BCUT2D eigenvalue weighted by Crippen LogP contribution is -1.92. The Bertz CT molecular complexity index is 391. The van der Waals surface area contributed by atoms with E-state index in [0.717, 1.165) is 36.0 Å². The fraction of sp³-hybridized carbons (Fsp3) is 0.100. The number of rotatable bonds is 3. The van der Waals surface area contributed by atoms with Gasteiger partial charge >= 0.3 is 5.97 Å². The third-order valence-electron chi connectivity index (χ3n) is 1.49. The van der Waals surface area contributed by atoms with Crippen molar-refractivity contribution in [2.75, 3.05) is 7.11 Å². The highest BCUT2D eigenvalue weighted by molar-refractivity contribution is 8.02. The Hall–Kier alpha value is -1.36. The van der Waals surface area contributed by atoms with Crippen molar-refractivity contribution < 1.29 is 18.3 Å². The van der Waals surface area contributed by atoms with Gasteiger partial charge in [0, 0.05) is 6.08 Å². The summed E-state index contributed by atoms with van der Waals surface area (Å²) in [6.45, 7) is 0. The molecule has 0 aliphatic carbocycles. The molecule has 1 aromatic carbocycles. The SMILES string of the molecule is COC(=O)/C=C\Sc1cc(F)ccc1F. The van der Waals surface area contributed by atoms with Gasteiger partial charge in [0.2, 0.25) is 0 Å². The van der Waals surface area contributed by atoms with Crippen molar-refractivity contribution in [2.45, 2.75) is 4.90 Å². The van der Waals surface area contributed by atoms with Gasteiger partial charge in [-0.25, -0.2) is 13.6 Å². The first kappa shape index (κ1) is 11.7. The van der Waals surface area contributed by atoms with Gasteiger partial charge in [0.1, 0.15) is 11.6 Å². The number of methoxy groups -OCH3 is 1. The Labute approximate surface area is 89.9 Å². The molecule has 80 valence electrons. The Morgan fingerprint density at radius 2 is 2.20 bits per heavy atom. The molecule has 0 aromatic heterocycles. The second-order valence-corrected chi connectivity index (χ2v) is 3.47. The molecular formula is C10H8F2O2S. The zero-order valence-corrected chi connectivity index (χ0v) is 8.68. The van der Waals surface area contributed by atoms with Gasteiger partial charge in [-0.3, -0.25) is 0 Å². The van der Waals surface area contributed by atoms with Gasteiger partial charge in [0.25, 0.3) is 0 Å². The van der Waals surface area contributed by atoms with Crippen molar-refractivity contribution in [3.8, 4) is 0 Å². The zero-order chi connectivity index (χ0) is 11.3. The van der Waals surface area contributed by atoms with Crippen LogP contribution >= 0.6 is 11.8 Å². The summed E-state index contributed by atoms with van der Waals surface area (Å²) in [5, 5.41) is 1.34. The summed E-state index contributed by atoms with van der Waals surface area (Å²) in [5.41, 5.74) is 0. The molecule has 0 aliphatic heterocycles. The van der Waals surface area contributed by atoms with E-state index >= 15 is 0 Å². The number of halogens is 2. The van der Waals surface area contributed by atoms with Crippen LogP contribution in [0.15, 0.2) is 34.6 Å². The van der Waals surface area contributed by atoms with E-state index in [9.17, 15) is 13.6 Å². The second-order valence-electron chi connectivity index (χ2n) is 2.52. The molecule has 1 rings (SSSR count). The van der Waals surface area contributed by atoms with E-state index in [1.807, 2.05) is 0 Å². The van der Waals surface area contributed by atoms with E-state index in [-0.39, 0.29) is 4.90 Å². The average molecular weight is 230 g/mol. The van der Waals surface area contributed by atoms with Crippen LogP contribution in [-0.2, 0) is 9.53 Å². The van der Waals surface area contributed by atoms with E-state index < -0.39 is 17.6 Å². The highest BCUT2D eigenvalue weighted by atomic mass is 32.2. The van der Waals surface area contributed by atoms with Crippen LogP contribution in [0.3, 0.4) is 0 Å². The third-order valence-corrected chi connectivity index (χ3v) is 2.33. The quantitative estimate of drug-likeness (QED) is 0.453. The topological polar surface area (TPSA) is 26.3 Å². The summed E-state index contributed by atoms with van der Waals surface area (Å²) in [5.74, 6) is -1.60. The van der Waals surface area contributed by atoms with Gasteiger partial charge in [-0.15, -0.1) is 0 Å². The molecule has 0 radical (unpaired) electrons. The number of esters is 1. The lowest BCUT2D eigenvalue weighted by molar-refractivity contribution is -0.134. The largest absolute Gasteiger partial charge is 0.466 e. The second kappa shape index (κ2) is 5.50. The van der Waals surface area contributed by atoms with E-state index in [1.165, 1.54) is 12.5 Å². The minimum Gasteiger partial charge on any atom is -0.466 e. The number of thioether (sulfide) groups is 1. The van der Waals surface area contributed by atoms with Gasteiger partial charge in [-0.1, -0.05) is 11.8 Å². The minimum atomic E-state index is -0.542. The first-order chi connectivity index (χ1) is 7.13. The molecule has 5 heteroatoms. The monoisotopic (exact) mass is 230 g/mol. The van der Waals surface area contributed by atoms with Crippen LogP contribution in [0.4, 0.5) is 8.78 Å². The molecule has 0 fully saturated rings. The van der Waals surface area contributed by atoms with Crippen LogP contribution in [0.5, 0.6) is 0 Å². The predicted octanol–water partition coefficient (Wildman–Crippen LogP) is 2.74. The maximum absolute atomic E-state index is 13.0. The Morgan fingerprint density at radius 3 is 2.87 bits per heavy atom. The summed E-state index contributed by atoms with van der Waals surface area (Å²) in [7, 11) is 1.24. The average Bonchev–Trinajstić information content (AvgIpc) is 2.23. The Balaban J connectivity index is 2.68. The van der Waals surface area contributed by atoms with Crippen LogP contribution in [0.2, 0.25) is 0 Å². The predicted molar refractivity (Wildman–Crippen MR) is 53.4 cm³/mol. The highest BCUT2D eigenvalue weighted by Crippen LogP contribution is 2.23. The first-order valence-electron chi connectivity index (χ1n) is 3.99. The van der Waals surface area contributed by atoms with Gasteiger partial charge in [-0.2, -0.15) is 0 Å². The van der Waals surface area contributed by atoms with E-state index in [4.69, 9.17) is 0 Å². The Kier molecular flexibility index (Phi) is 4.30. The molecule has 0 bridgehead atoms. The van der Waals surface area contributed by atoms with Gasteiger partial charge in [0.15, 0.2) is 0 Å². The molecule has 0 unspecified atom stereocenters. The molecular weight excluding hydrogens is 222 g/mol. The normalized spacial score (nSPS) is 10.6. The molecule has 2 nitrogen and oxygen atoms in total. The van der Waals surface area contributed by atoms with Gasteiger partial charge in [0.05, 0.1) is 12.0 Å². The van der Waals surface area contributed by atoms with Crippen molar-refractivity contribution in [1.29, 1.82) is 0 Å². The lowest BCUT2D eigenvalue weighted by Gasteiger charge is -1.98. The minimum absolute atomic E-state index is 0.121. The molecule has 0 N–H and O–H groups in total. The van der Waals surface area contributed by atoms with Crippen LogP contribution in [0, 0.1) is 11.6 Å². The molecule has 0 amide bonds. The van der Waals surface area contributed by atoms with Gasteiger partial charge in [-0.05, 0) is 23.6 Å². The van der Waals surface area contributed by atoms with Crippen LogP contribution in [0.1, 0.15) is 0 Å².